The molecule has 1 aliphatic heterocycles. The molecule has 3 heterocycles. The number of amides is 1. The van der Waals surface area contributed by atoms with Crippen LogP contribution in [0.15, 0.2) is 65.8 Å². The Labute approximate surface area is 240 Å². The summed E-state index contributed by atoms with van der Waals surface area (Å²) in [6, 6.07) is 14.4. The van der Waals surface area contributed by atoms with Gasteiger partial charge in [0.05, 0.1) is 34.3 Å². The van der Waals surface area contributed by atoms with Gasteiger partial charge in [-0.25, -0.2) is 13.4 Å². The topological polar surface area (TPSA) is 105 Å². The fourth-order valence-corrected chi connectivity index (χ4v) is 6.73. The second-order valence-electron chi connectivity index (χ2n) is 11.2. The molecule has 1 amide bonds. The van der Waals surface area contributed by atoms with E-state index in [0.717, 1.165) is 64.7 Å². The van der Waals surface area contributed by atoms with Crippen LogP contribution in [-0.4, -0.2) is 63.5 Å². The van der Waals surface area contributed by atoms with Crippen LogP contribution < -0.4 is 14.4 Å². The minimum Gasteiger partial charge on any atom is -0.476 e. The smallest absolute Gasteiger partial charge is 0.262 e. The fourth-order valence-electron chi connectivity index (χ4n) is 5.58. The van der Waals surface area contributed by atoms with Gasteiger partial charge in [0, 0.05) is 36.3 Å². The summed E-state index contributed by atoms with van der Waals surface area (Å²) in [5, 5.41) is 0.932. The predicted octanol–water partition coefficient (Wildman–Crippen LogP) is 4.74. The van der Waals surface area contributed by atoms with Crippen molar-refractivity contribution in [3.8, 4) is 17.0 Å². The van der Waals surface area contributed by atoms with Crippen molar-refractivity contribution in [2.75, 3.05) is 43.9 Å². The quantitative estimate of drug-likeness (QED) is 0.289. The number of aromatic nitrogens is 2. The van der Waals surface area contributed by atoms with Gasteiger partial charge in [-0.15, -0.1) is 0 Å². The highest BCUT2D eigenvalue weighted by Crippen LogP contribution is 2.58. The highest BCUT2D eigenvalue weighted by molar-refractivity contribution is 7.92. The molecule has 1 aliphatic carbocycles. The average Bonchev–Trinajstić information content (AvgIpc) is 3.72. The summed E-state index contributed by atoms with van der Waals surface area (Å²) < 4.78 is 35.4. The van der Waals surface area contributed by atoms with Crippen molar-refractivity contribution in [3.05, 3.63) is 72.1 Å². The third-order valence-electron chi connectivity index (χ3n) is 7.87. The number of anilines is 2. The van der Waals surface area contributed by atoms with Gasteiger partial charge in [-0.05, 0) is 81.7 Å². The first kappa shape index (κ1) is 27.2. The minimum atomic E-state index is -3.89. The maximum atomic E-state index is 13.4. The van der Waals surface area contributed by atoms with Crippen LogP contribution in [-0.2, 0) is 20.2 Å². The number of nitrogens with zero attached hydrogens (tertiary/aromatic N) is 4. The van der Waals surface area contributed by atoms with Crippen LogP contribution in [0, 0.1) is 6.92 Å². The fraction of sp³-hybridized carbons (Fsp3) is 0.323. The molecule has 0 atom stereocenters. The molecule has 0 saturated heterocycles. The van der Waals surface area contributed by atoms with Crippen molar-refractivity contribution in [2.45, 2.75) is 36.5 Å². The van der Waals surface area contributed by atoms with Crippen LogP contribution in [0.2, 0.25) is 0 Å². The molecule has 2 aromatic carbocycles. The summed E-state index contributed by atoms with van der Waals surface area (Å²) in [5.74, 6) is 0.341. The molecule has 1 saturated carbocycles. The van der Waals surface area contributed by atoms with E-state index in [0.29, 0.717) is 6.61 Å². The first-order chi connectivity index (χ1) is 19.6. The van der Waals surface area contributed by atoms with Crippen LogP contribution in [0.3, 0.4) is 0 Å². The Morgan fingerprint density at radius 2 is 1.85 bits per heavy atom. The molecule has 4 aromatic rings. The Kier molecular flexibility index (Phi) is 6.70. The molecule has 1 N–H and O–H groups in total. The Balaban J connectivity index is 1.40. The zero-order chi connectivity index (χ0) is 28.9. The number of rotatable bonds is 9. The van der Waals surface area contributed by atoms with Crippen LogP contribution in [0.1, 0.15) is 30.4 Å². The average molecular weight is 572 g/mol. The number of ether oxygens (including phenoxy) is 1. The summed E-state index contributed by atoms with van der Waals surface area (Å²) in [7, 11) is 1.89. The van der Waals surface area contributed by atoms with Gasteiger partial charge in [0.25, 0.3) is 10.0 Å². The van der Waals surface area contributed by atoms with Crippen LogP contribution in [0.4, 0.5) is 11.4 Å². The monoisotopic (exact) mass is 571 g/mol. The van der Waals surface area contributed by atoms with Gasteiger partial charge in [-0.2, -0.15) is 0 Å². The number of likely N-dealkylation sites (N-methyl/N-ethyl adjacent to an activating group) is 1. The summed E-state index contributed by atoms with van der Waals surface area (Å²) in [6.07, 6.45) is 5.90. The van der Waals surface area contributed by atoms with Gasteiger partial charge in [0.1, 0.15) is 5.69 Å². The molecule has 2 aromatic heterocycles. The van der Waals surface area contributed by atoms with Crippen molar-refractivity contribution in [3.63, 3.8) is 0 Å². The molecule has 6 rings (SSSR count). The maximum absolute atomic E-state index is 13.4. The van der Waals surface area contributed by atoms with Gasteiger partial charge in [0.15, 0.2) is 0 Å². The molecule has 212 valence electrons. The van der Waals surface area contributed by atoms with Crippen LogP contribution in [0.5, 0.6) is 5.88 Å². The molecular weight excluding hydrogens is 538 g/mol. The second kappa shape index (κ2) is 10.1. The predicted molar refractivity (Wildman–Crippen MR) is 160 cm³/mol. The van der Waals surface area contributed by atoms with Crippen molar-refractivity contribution in [2.24, 2.45) is 0 Å². The van der Waals surface area contributed by atoms with Crippen molar-refractivity contribution in [1.82, 2.24) is 14.9 Å². The molecule has 1 spiro atoms. The van der Waals surface area contributed by atoms with Crippen LogP contribution >= 0.6 is 0 Å². The maximum Gasteiger partial charge on any atom is 0.262 e. The largest absolute Gasteiger partial charge is 0.476 e. The van der Waals surface area contributed by atoms with Gasteiger partial charge >= 0.3 is 0 Å². The summed E-state index contributed by atoms with van der Waals surface area (Å²) in [4.78, 5) is 26.1. The van der Waals surface area contributed by atoms with E-state index in [4.69, 9.17) is 4.74 Å². The molecule has 41 heavy (non-hydrogen) atoms. The number of carbonyl (C=O) groups is 1. The van der Waals surface area contributed by atoms with Gasteiger partial charge in [0.2, 0.25) is 11.8 Å². The molecule has 0 radical (unpaired) electrons. The van der Waals surface area contributed by atoms with Gasteiger partial charge in [-0.1, -0.05) is 18.2 Å². The highest BCUT2D eigenvalue weighted by Gasteiger charge is 2.59. The number of aryl methyl sites for hydroxylation is 1. The Morgan fingerprint density at radius 1 is 1.05 bits per heavy atom. The third-order valence-corrected chi connectivity index (χ3v) is 9.23. The van der Waals surface area contributed by atoms with E-state index in [-0.39, 0.29) is 22.4 Å². The number of fused-ring (bicyclic) bond motifs is 4. The van der Waals surface area contributed by atoms with E-state index in [9.17, 15) is 13.2 Å². The zero-order valence-corrected chi connectivity index (χ0v) is 24.5. The number of hydrogen-bond donors (Lipinski definition) is 1. The lowest BCUT2D eigenvalue weighted by Gasteiger charge is -2.16. The summed E-state index contributed by atoms with van der Waals surface area (Å²) in [5.41, 5.74) is 4.91. The van der Waals surface area contributed by atoms with E-state index in [1.54, 1.807) is 48.6 Å². The number of sulfonamides is 1. The lowest BCUT2D eigenvalue weighted by molar-refractivity contribution is -0.119. The number of hydrogen-bond acceptors (Lipinski definition) is 7. The Bertz CT molecular complexity index is 1780. The van der Waals surface area contributed by atoms with E-state index in [1.165, 1.54) is 0 Å². The van der Waals surface area contributed by atoms with E-state index < -0.39 is 15.4 Å². The minimum absolute atomic E-state index is 0.123. The molecule has 1 fully saturated rings. The number of benzene rings is 2. The first-order valence-corrected chi connectivity index (χ1v) is 15.2. The van der Waals surface area contributed by atoms with Crippen molar-refractivity contribution in [1.29, 1.82) is 0 Å². The second-order valence-corrected chi connectivity index (χ2v) is 12.9. The molecular formula is C31H33N5O4S. The molecule has 0 bridgehead atoms. The van der Waals surface area contributed by atoms with Gasteiger partial charge in [-0.3, -0.25) is 14.5 Å². The third kappa shape index (κ3) is 4.91. The normalized spacial score (nSPS) is 15.5. The molecule has 9 nitrogen and oxygen atoms in total. The number of pyridine rings is 2. The van der Waals surface area contributed by atoms with Crippen LogP contribution in [0.25, 0.3) is 22.0 Å². The van der Waals surface area contributed by atoms with E-state index in [2.05, 4.69) is 19.6 Å². The van der Waals surface area contributed by atoms with E-state index >= 15 is 0 Å². The first-order valence-electron chi connectivity index (χ1n) is 13.7. The molecule has 2 aliphatic rings. The standard InChI is InChI=1S/C31H33N5O4S/c1-20-7-5-8-23(15-20)41(38,39)34-26-17-22(18-33-29(26)40-14-6-13-35(2)3)21-9-10-25-24(16-21)28-27(19-32-25)36(4)30(37)31(28)11-12-31/h5,7-10,15-19,34H,6,11-14H2,1-4H3. The highest BCUT2D eigenvalue weighted by atomic mass is 32.2. The number of nitrogens with one attached hydrogen (secondary N) is 1. The van der Waals surface area contributed by atoms with Crippen molar-refractivity contribution < 1.29 is 17.9 Å². The Morgan fingerprint density at radius 3 is 2.59 bits per heavy atom. The van der Waals surface area contributed by atoms with E-state index in [1.807, 2.05) is 45.3 Å². The molecule has 0 unspecified atom stereocenters. The summed E-state index contributed by atoms with van der Waals surface area (Å²) in [6.45, 7) is 3.07. The number of carbonyl (C=O) groups excluding carboxylic acids is 1. The zero-order valence-electron chi connectivity index (χ0n) is 23.6. The summed E-state index contributed by atoms with van der Waals surface area (Å²) >= 11 is 0. The Hall–Kier alpha value is -4.02. The lowest BCUT2D eigenvalue weighted by atomic mass is 9.92. The SMILES string of the molecule is Cc1cccc(S(=O)(=O)Nc2cc(-c3ccc4ncc5c(c4c3)C3(CC3)C(=O)N5C)cnc2OCCCN(C)C)c1. The lowest BCUT2D eigenvalue weighted by Crippen LogP contribution is -2.28. The van der Waals surface area contributed by atoms with Gasteiger partial charge < -0.3 is 14.5 Å². The molecule has 10 heteroatoms. The van der Waals surface area contributed by atoms with Crippen molar-refractivity contribution >= 4 is 38.2 Å².